The number of anilines is 1. The molecule has 1 aromatic carbocycles. The summed E-state index contributed by atoms with van der Waals surface area (Å²) < 4.78 is 6.02. The molecule has 1 N–H and O–H groups in total. The molecule has 1 saturated heterocycles. The van der Waals surface area contributed by atoms with Gasteiger partial charge in [-0.05, 0) is 37.5 Å². The Hall–Kier alpha value is -2.71. The van der Waals surface area contributed by atoms with Crippen molar-refractivity contribution in [2.45, 2.75) is 39.0 Å². The predicted molar refractivity (Wildman–Crippen MR) is 120 cm³/mol. The summed E-state index contributed by atoms with van der Waals surface area (Å²) in [5, 5.41) is 3.79. The van der Waals surface area contributed by atoms with Gasteiger partial charge in [0.15, 0.2) is 11.0 Å². The molecule has 31 heavy (non-hydrogen) atoms. The van der Waals surface area contributed by atoms with E-state index in [0.29, 0.717) is 46.1 Å². The molecule has 1 fully saturated rings. The first kappa shape index (κ1) is 21.5. The first-order valence-electron chi connectivity index (χ1n) is 10.1. The standard InChI is InChI=1S/C22H23ClN4O3S/c1-13-19(31-22(25-13)26-14(2)28)21(29)27-8-4-6-16(12-27)20-24-11-18(30-20)10-15-5-3-7-17(23)9-15/h3,5,7,9,11,16H,4,6,8,10,12H2,1-2H3,(H,25,26,28)/t16-/m0/s1. The number of aromatic nitrogens is 2. The lowest BCUT2D eigenvalue weighted by molar-refractivity contribution is -0.114. The number of nitrogens with zero attached hydrogens (tertiary/aromatic N) is 3. The third kappa shape index (κ3) is 5.14. The van der Waals surface area contributed by atoms with Gasteiger partial charge in [-0.3, -0.25) is 9.59 Å². The second-order valence-corrected chi connectivity index (χ2v) is 9.11. The number of aryl methyl sites for hydroxylation is 1. The zero-order valence-electron chi connectivity index (χ0n) is 17.4. The highest BCUT2D eigenvalue weighted by molar-refractivity contribution is 7.17. The molecule has 0 saturated carbocycles. The Morgan fingerprint density at radius 1 is 1.39 bits per heavy atom. The highest BCUT2D eigenvalue weighted by Gasteiger charge is 2.30. The van der Waals surface area contributed by atoms with Crippen molar-refractivity contribution in [1.82, 2.24) is 14.9 Å². The van der Waals surface area contributed by atoms with E-state index in [-0.39, 0.29) is 17.7 Å². The Kier molecular flexibility index (Phi) is 6.38. The van der Waals surface area contributed by atoms with E-state index in [4.69, 9.17) is 16.0 Å². The molecule has 1 aliphatic rings. The first-order valence-corrected chi connectivity index (χ1v) is 11.3. The smallest absolute Gasteiger partial charge is 0.265 e. The fraction of sp³-hybridized carbons (Fsp3) is 0.364. The van der Waals surface area contributed by atoms with Crippen LogP contribution in [-0.2, 0) is 11.2 Å². The number of hydrogen-bond acceptors (Lipinski definition) is 6. The molecular formula is C22H23ClN4O3S. The van der Waals surface area contributed by atoms with Crippen molar-refractivity contribution in [3.05, 3.63) is 63.3 Å². The van der Waals surface area contributed by atoms with Crippen LogP contribution in [0.3, 0.4) is 0 Å². The predicted octanol–water partition coefficient (Wildman–Crippen LogP) is 4.66. The van der Waals surface area contributed by atoms with Crippen LogP contribution in [0.2, 0.25) is 5.02 Å². The number of hydrogen-bond donors (Lipinski definition) is 1. The number of benzene rings is 1. The second-order valence-electron chi connectivity index (χ2n) is 7.68. The summed E-state index contributed by atoms with van der Waals surface area (Å²) in [5.74, 6) is 1.22. The number of carbonyl (C=O) groups is 2. The molecule has 0 radical (unpaired) electrons. The molecule has 1 aliphatic heterocycles. The van der Waals surface area contributed by atoms with Crippen molar-refractivity contribution in [2.24, 2.45) is 0 Å². The quantitative estimate of drug-likeness (QED) is 0.600. The van der Waals surface area contributed by atoms with Gasteiger partial charge in [-0.25, -0.2) is 9.97 Å². The first-order chi connectivity index (χ1) is 14.9. The lowest BCUT2D eigenvalue weighted by Gasteiger charge is -2.31. The van der Waals surface area contributed by atoms with Crippen molar-refractivity contribution in [2.75, 3.05) is 18.4 Å². The molecule has 3 aromatic rings. The molecule has 2 aromatic heterocycles. The molecule has 9 heteroatoms. The van der Waals surface area contributed by atoms with E-state index in [0.717, 1.165) is 24.2 Å². The van der Waals surface area contributed by atoms with Gasteiger partial charge in [-0.15, -0.1) is 0 Å². The van der Waals surface area contributed by atoms with Crippen LogP contribution in [0.25, 0.3) is 0 Å². The summed E-state index contributed by atoms with van der Waals surface area (Å²) in [4.78, 5) is 35.5. The Labute approximate surface area is 189 Å². The van der Waals surface area contributed by atoms with Gasteiger partial charge in [0.1, 0.15) is 10.6 Å². The minimum atomic E-state index is -0.205. The normalized spacial score (nSPS) is 16.4. The molecular weight excluding hydrogens is 436 g/mol. The lowest BCUT2D eigenvalue weighted by Crippen LogP contribution is -2.39. The van der Waals surface area contributed by atoms with E-state index in [9.17, 15) is 9.59 Å². The molecule has 0 unspecified atom stereocenters. The SMILES string of the molecule is CC(=O)Nc1nc(C)c(C(=O)N2CCC[C@H](c3ncc(Cc4cccc(Cl)c4)o3)C2)s1. The van der Waals surface area contributed by atoms with Gasteiger partial charge in [0.25, 0.3) is 5.91 Å². The van der Waals surface area contributed by atoms with Crippen molar-refractivity contribution in [3.8, 4) is 0 Å². The average Bonchev–Trinajstić information content (AvgIpc) is 3.33. The van der Waals surface area contributed by atoms with Crippen LogP contribution in [0.4, 0.5) is 5.13 Å². The van der Waals surface area contributed by atoms with Crippen LogP contribution in [0.15, 0.2) is 34.9 Å². The number of carbonyl (C=O) groups excluding carboxylic acids is 2. The van der Waals surface area contributed by atoms with E-state index in [2.05, 4.69) is 15.3 Å². The van der Waals surface area contributed by atoms with Crippen LogP contribution >= 0.6 is 22.9 Å². The Bertz CT molecular complexity index is 1110. The molecule has 0 bridgehead atoms. The summed E-state index contributed by atoms with van der Waals surface area (Å²) in [6.45, 7) is 4.43. The van der Waals surface area contributed by atoms with Gasteiger partial charge in [0.2, 0.25) is 5.91 Å². The Balaban J connectivity index is 1.44. The maximum absolute atomic E-state index is 13.1. The number of thiazole rings is 1. The topological polar surface area (TPSA) is 88.3 Å². The summed E-state index contributed by atoms with van der Waals surface area (Å²) in [6.07, 6.45) is 4.16. The second kappa shape index (κ2) is 9.20. The highest BCUT2D eigenvalue weighted by Crippen LogP contribution is 2.30. The lowest BCUT2D eigenvalue weighted by atomic mass is 9.98. The Morgan fingerprint density at radius 3 is 3.00 bits per heavy atom. The number of amides is 2. The molecule has 3 heterocycles. The van der Waals surface area contributed by atoms with Gasteiger partial charge in [0.05, 0.1) is 17.8 Å². The molecule has 7 nitrogen and oxygen atoms in total. The van der Waals surface area contributed by atoms with E-state index in [1.807, 2.05) is 29.2 Å². The van der Waals surface area contributed by atoms with Gasteiger partial charge in [-0.2, -0.15) is 0 Å². The molecule has 0 aliphatic carbocycles. The van der Waals surface area contributed by atoms with E-state index >= 15 is 0 Å². The number of likely N-dealkylation sites (tertiary alicyclic amines) is 1. The van der Waals surface area contributed by atoms with Gasteiger partial charge < -0.3 is 14.6 Å². The minimum absolute atomic E-state index is 0.0499. The van der Waals surface area contributed by atoms with Crippen LogP contribution < -0.4 is 5.32 Å². The number of halogens is 1. The summed E-state index contributed by atoms with van der Waals surface area (Å²) in [7, 11) is 0. The number of piperidine rings is 1. The maximum Gasteiger partial charge on any atom is 0.265 e. The van der Waals surface area contributed by atoms with Crippen molar-refractivity contribution < 1.29 is 14.0 Å². The number of oxazole rings is 1. The summed E-state index contributed by atoms with van der Waals surface area (Å²) >= 11 is 7.27. The monoisotopic (exact) mass is 458 g/mol. The fourth-order valence-corrected chi connectivity index (χ4v) is 4.94. The van der Waals surface area contributed by atoms with Crippen LogP contribution in [0.1, 0.15) is 58.3 Å². The van der Waals surface area contributed by atoms with Gasteiger partial charge in [-0.1, -0.05) is 35.1 Å². The molecule has 2 amide bonds. The highest BCUT2D eigenvalue weighted by atomic mass is 35.5. The molecule has 162 valence electrons. The van der Waals surface area contributed by atoms with E-state index < -0.39 is 0 Å². The van der Waals surface area contributed by atoms with E-state index in [1.54, 1.807) is 13.1 Å². The zero-order valence-corrected chi connectivity index (χ0v) is 18.9. The van der Waals surface area contributed by atoms with Crippen LogP contribution in [-0.4, -0.2) is 39.8 Å². The average molecular weight is 459 g/mol. The zero-order chi connectivity index (χ0) is 22.0. The number of rotatable bonds is 5. The molecule has 4 rings (SSSR count). The Morgan fingerprint density at radius 2 is 2.23 bits per heavy atom. The fourth-order valence-electron chi connectivity index (χ4n) is 3.75. The van der Waals surface area contributed by atoms with Gasteiger partial charge in [0, 0.05) is 31.5 Å². The van der Waals surface area contributed by atoms with Crippen molar-refractivity contribution in [1.29, 1.82) is 0 Å². The van der Waals surface area contributed by atoms with Crippen LogP contribution in [0.5, 0.6) is 0 Å². The van der Waals surface area contributed by atoms with Crippen LogP contribution in [0, 0.1) is 6.92 Å². The third-order valence-electron chi connectivity index (χ3n) is 5.17. The summed E-state index contributed by atoms with van der Waals surface area (Å²) in [5.41, 5.74) is 1.69. The molecule has 0 spiro atoms. The third-order valence-corrected chi connectivity index (χ3v) is 6.47. The minimum Gasteiger partial charge on any atom is -0.445 e. The maximum atomic E-state index is 13.1. The number of nitrogens with one attached hydrogen (secondary N) is 1. The van der Waals surface area contributed by atoms with Crippen molar-refractivity contribution in [3.63, 3.8) is 0 Å². The summed E-state index contributed by atoms with van der Waals surface area (Å²) in [6, 6.07) is 7.67. The van der Waals surface area contributed by atoms with Gasteiger partial charge >= 0.3 is 0 Å². The van der Waals surface area contributed by atoms with Crippen molar-refractivity contribution >= 4 is 39.9 Å². The molecule has 1 atom stereocenters. The van der Waals surface area contributed by atoms with E-state index in [1.165, 1.54) is 18.3 Å². The largest absolute Gasteiger partial charge is 0.445 e.